The van der Waals surface area contributed by atoms with Crippen LogP contribution in [0.3, 0.4) is 0 Å². The van der Waals surface area contributed by atoms with Gasteiger partial charge < -0.3 is 10.5 Å². The predicted molar refractivity (Wildman–Crippen MR) is 74.1 cm³/mol. The molecule has 0 radical (unpaired) electrons. The molecule has 102 valence electrons. The summed E-state index contributed by atoms with van der Waals surface area (Å²) >= 11 is 0. The van der Waals surface area contributed by atoms with Gasteiger partial charge in [-0.05, 0) is 19.8 Å². The Morgan fingerprint density at radius 3 is 2.29 bits per heavy atom. The number of nitrogens with two attached hydrogens (primary N) is 1. The van der Waals surface area contributed by atoms with E-state index in [0.29, 0.717) is 11.5 Å². The van der Waals surface area contributed by atoms with E-state index in [9.17, 15) is 0 Å². The van der Waals surface area contributed by atoms with Crippen LogP contribution in [0.15, 0.2) is 0 Å². The fourth-order valence-electron chi connectivity index (χ4n) is 2.95. The lowest BCUT2D eigenvalue weighted by atomic mass is 9.77. The molecule has 2 atom stereocenters. The minimum absolute atomic E-state index is 0.295. The first-order chi connectivity index (χ1) is 8.25. The largest absolute Gasteiger partial charge is 0.378 e. The van der Waals surface area contributed by atoms with Crippen LogP contribution in [0.4, 0.5) is 0 Å². The Bertz CT molecular complexity index is 195. The van der Waals surface area contributed by atoms with E-state index in [1.54, 1.807) is 0 Å². The van der Waals surface area contributed by atoms with Gasteiger partial charge in [0.25, 0.3) is 0 Å². The smallest absolute Gasteiger partial charge is 0.0616 e. The standard InChI is InChI=1S/C15H31NO/c1-3-4-5-6-7-8-9-10-15(13-16)11-12-17-14(15)2/h14H,3-13,16H2,1-2H3. The lowest BCUT2D eigenvalue weighted by Gasteiger charge is -2.30. The lowest BCUT2D eigenvalue weighted by molar-refractivity contribution is 0.0616. The van der Waals surface area contributed by atoms with E-state index in [-0.39, 0.29) is 0 Å². The van der Waals surface area contributed by atoms with Crippen molar-refractivity contribution < 1.29 is 4.74 Å². The molecule has 1 rings (SSSR count). The number of hydrogen-bond acceptors (Lipinski definition) is 2. The van der Waals surface area contributed by atoms with Crippen molar-refractivity contribution in [2.24, 2.45) is 11.1 Å². The zero-order valence-electron chi connectivity index (χ0n) is 11.8. The van der Waals surface area contributed by atoms with Gasteiger partial charge in [0, 0.05) is 18.6 Å². The Labute approximate surface area is 107 Å². The number of ether oxygens (including phenoxy) is 1. The molecule has 1 aliphatic rings. The summed E-state index contributed by atoms with van der Waals surface area (Å²) in [4.78, 5) is 0. The number of rotatable bonds is 9. The third kappa shape index (κ3) is 4.59. The molecule has 2 N–H and O–H groups in total. The van der Waals surface area contributed by atoms with Crippen LogP contribution in [0, 0.1) is 5.41 Å². The van der Waals surface area contributed by atoms with Crippen LogP contribution in [0.1, 0.15) is 71.6 Å². The maximum atomic E-state index is 5.96. The second-order valence-electron chi connectivity index (χ2n) is 5.70. The average Bonchev–Trinajstić information content (AvgIpc) is 2.70. The van der Waals surface area contributed by atoms with Crippen LogP contribution in [0.2, 0.25) is 0 Å². The van der Waals surface area contributed by atoms with Gasteiger partial charge in [-0.1, -0.05) is 51.9 Å². The average molecular weight is 241 g/mol. The molecule has 0 amide bonds. The quantitative estimate of drug-likeness (QED) is 0.622. The Hall–Kier alpha value is -0.0800. The summed E-state index contributed by atoms with van der Waals surface area (Å²) in [6.07, 6.45) is 12.5. The van der Waals surface area contributed by atoms with Crippen molar-refractivity contribution in [1.29, 1.82) is 0 Å². The summed E-state index contributed by atoms with van der Waals surface area (Å²) in [6.45, 7) is 6.17. The van der Waals surface area contributed by atoms with Crippen molar-refractivity contribution in [2.75, 3.05) is 13.2 Å². The number of unbranched alkanes of at least 4 members (excludes halogenated alkanes) is 6. The molecule has 2 nitrogen and oxygen atoms in total. The van der Waals surface area contributed by atoms with Crippen LogP contribution >= 0.6 is 0 Å². The van der Waals surface area contributed by atoms with E-state index < -0.39 is 0 Å². The summed E-state index contributed by atoms with van der Waals surface area (Å²) in [5.41, 5.74) is 6.25. The molecule has 0 saturated carbocycles. The second kappa shape index (κ2) is 8.10. The van der Waals surface area contributed by atoms with Crippen LogP contribution in [-0.4, -0.2) is 19.3 Å². The third-order valence-corrected chi connectivity index (χ3v) is 4.51. The molecule has 0 aliphatic carbocycles. The van der Waals surface area contributed by atoms with Crippen LogP contribution in [0.5, 0.6) is 0 Å². The molecule has 0 bridgehead atoms. The van der Waals surface area contributed by atoms with Crippen molar-refractivity contribution in [3.8, 4) is 0 Å². The van der Waals surface area contributed by atoms with E-state index >= 15 is 0 Å². The first-order valence-corrected chi connectivity index (χ1v) is 7.57. The van der Waals surface area contributed by atoms with Gasteiger partial charge in [0.2, 0.25) is 0 Å². The minimum atomic E-state index is 0.295. The molecule has 0 aromatic rings. The van der Waals surface area contributed by atoms with Crippen molar-refractivity contribution in [1.82, 2.24) is 0 Å². The van der Waals surface area contributed by atoms with E-state index in [4.69, 9.17) is 10.5 Å². The minimum Gasteiger partial charge on any atom is -0.378 e. The van der Waals surface area contributed by atoms with Gasteiger partial charge >= 0.3 is 0 Å². The highest BCUT2D eigenvalue weighted by Gasteiger charge is 2.39. The highest BCUT2D eigenvalue weighted by atomic mass is 16.5. The topological polar surface area (TPSA) is 35.2 Å². The van der Waals surface area contributed by atoms with E-state index in [2.05, 4.69) is 13.8 Å². The molecule has 2 unspecified atom stereocenters. The van der Waals surface area contributed by atoms with Gasteiger partial charge in [-0.3, -0.25) is 0 Å². The zero-order chi connectivity index (χ0) is 12.6. The van der Waals surface area contributed by atoms with Crippen molar-refractivity contribution >= 4 is 0 Å². The van der Waals surface area contributed by atoms with Crippen molar-refractivity contribution in [2.45, 2.75) is 77.7 Å². The molecular weight excluding hydrogens is 210 g/mol. The Kier molecular flexibility index (Phi) is 7.14. The maximum absolute atomic E-state index is 5.96. The number of hydrogen-bond donors (Lipinski definition) is 1. The third-order valence-electron chi connectivity index (χ3n) is 4.51. The molecule has 0 aromatic heterocycles. The highest BCUT2D eigenvalue weighted by Crippen LogP contribution is 2.38. The van der Waals surface area contributed by atoms with Crippen LogP contribution < -0.4 is 5.73 Å². The molecule has 17 heavy (non-hydrogen) atoms. The van der Waals surface area contributed by atoms with Gasteiger partial charge in [0.15, 0.2) is 0 Å². The van der Waals surface area contributed by atoms with Gasteiger partial charge in [0.1, 0.15) is 0 Å². The molecule has 0 spiro atoms. The molecule has 1 heterocycles. The summed E-state index contributed by atoms with van der Waals surface area (Å²) in [5.74, 6) is 0. The predicted octanol–water partition coefficient (Wildman–Crippen LogP) is 3.88. The molecule has 1 fully saturated rings. The highest BCUT2D eigenvalue weighted by molar-refractivity contribution is 4.90. The Morgan fingerprint density at radius 2 is 1.76 bits per heavy atom. The second-order valence-corrected chi connectivity index (χ2v) is 5.70. The summed E-state index contributed by atoms with van der Waals surface area (Å²) in [5, 5.41) is 0. The van der Waals surface area contributed by atoms with Gasteiger partial charge in [0.05, 0.1) is 6.10 Å². The van der Waals surface area contributed by atoms with E-state index in [0.717, 1.165) is 13.2 Å². The van der Waals surface area contributed by atoms with Crippen molar-refractivity contribution in [3.63, 3.8) is 0 Å². The summed E-state index contributed by atoms with van der Waals surface area (Å²) in [6, 6.07) is 0. The fourth-order valence-corrected chi connectivity index (χ4v) is 2.95. The van der Waals surface area contributed by atoms with Gasteiger partial charge in [-0.2, -0.15) is 0 Å². The SMILES string of the molecule is CCCCCCCCCC1(CN)CCOC1C. The maximum Gasteiger partial charge on any atom is 0.0616 e. The Balaban J connectivity index is 2.08. The molecule has 2 heteroatoms. The van der Waals surface area contributed by atoms with E-state index in [1.165, 1.54) is 57.8 Å². The summed E-state index contributed by atoms with van der Waals surface area (Å²) in [7, 11) is 0. The monoisotopic (exact) mass is 241 g/mol. The molecule has 1 saturated heterocycles. The molecule has 1 aliphatic heterocycles. The van der Waals surface area contributed by atoms with Crippen LogP contribution in [-0.2, 0) is 4.74 Å². The van der Waals surface area contributed by atoms with Crippen molar-refractivity contribution in [3.05, 3.63) is 0 Å². The summed E-state index contributed by atoms with van der Waals surface area (Å²) < 4.78 is 5.69. The first-order valence-electron chi connectivity index (χ1n) is 7.57. The zero-order valence-corrected chi connectivity index (χ0v) is 11.8. The normalized spacial score (nSPS) is 28.8. The fraction of sp³-hybridized carbons (Fsp3) is 1.00. The van der Waals surface area contributed by atoms with Gasteiger partial charge in [-0.15, -0.1) is 0 Å². The molecule has 0 aromatic carbocycles. The Morgan fingerprint density at radius 1 is 1.12 bits per heavy atom. The first kappa shape index (κ1) is 15.0. The van der Waals surface area contributed by atoms with E-state index in [1.807, 2.05) is 0 Å². The van der Waals surface area contributed by atoms with Gasteiger partial charge in [-0.25, -0.2) is 0 Å². The lowest BCUT2D eigenvalue weighted by Crippen LogP contribution is -2.36. The molecular formula is C15H31NO. The van der Waals surface area contributed by atoms with Crippen LogP contribution in [0.25, 0.3) is 0 Å².